The molecule has 0 saturated heterocycles. The van der Waals surface area contributed by atoms with Gasteiger partial charge in [-0.05, 0) is 147 Å². The fourth-order valence-corrected chi connectivity index (χ4v) is 11.9. The Kier molecular flexibility index (Phi) is 8.57. The summed E-state index contributed by atoms with van der Waals surface area (Å²) in [7, 11) is 0. The number of benzene rings is 12. The fraction of sp³-hybridized carbons (Fsp3) is 0.0149. The lowest BCUT2D eigenvalue weighted by atomic mass is 9.70. The monoisotopic (exact) mass is 861 g/mol. The van der Waals surface area contributed by atoms with Crippen LogP contribution in [-0.4, -0.2) is 0 Å². The van der Waals surface area contributed by atoms with Crippen LogP contribution >= 0.6 is 0 Å². The SMILES string of the molecule is c1ccc(-c2ccc(-c3ccc(N(c4ccc(-c5cccc6c7ccccc7c7ccccc7c56)cc4)c4ccc5c(c4)C4(c6ccccc6-c6ccccc64)c4ccccc4-5)cc3)cc2)cc1. The molecule has 0 atom stereocenters. The molecule has 316 valence electrons. The molecular weight excluding hydrogens is 819 g/mol. The Bertz CT molecular complexity index is 3830. The minimum absolute atomic E-state index is 0.443. The van der Waals surface area contributed by atoms with Crippen molar-refractivity contribution in [2.45, 2.75) is 5.41 Å². The molecule has 0 N–H and O–H groups in total. The van der Waals surface area contributed by atoms with E-state index in [2.05, 4.69) is 266 Å². The van der Waals surface area contributed by atoms with E-state index in [-0.39, 0.29) is 0 Å². The molecule has 0 bridgehead atoms. The van der Waals surface area contributed by atoms with Crippen molar-refractivity contribution in [3.8, 4) is 55.6 Å². The molecule has 12 aromatic carbocycles. The largest absolute Gasteiger partial charge is 0.310 e. The highest BCUT2D eigenvalue weighted by Gasteiger charge is 2.51. The summed E-state index contributed by atoms with van der Waals surface area (Å²) >= 11 is 0. The minimum atomic E-state index is -0.443. The van der Waals surface area contributed by atoms with Crippen LogP contribution in [0.4, 0.5) is 17.1 Å². The van der Waals surface area contributed by atoms with E-state index in [1.165, 1.54) is 110 Å². The van der Waals surface area contributed by atoms with E-state index >= 15 is 0 Å². The second kappa shape index (κ2) is 15.1. The van der Waals surface area contributed by atoms with Gasteiger partial charge in [0.25, 0.3) is 0 Å². The number of anilines is 3. The zero-order valence-corrected chi connectivity index (χ0v) is 37.3. The van der Waals surface area contributed by atoms with Crippen LogP contribution < -0.4 is 4.90 Å². The zero-order chi connectivity index (χ0) is 44.8. The molecule has 2 aliphatic rings. The topological polar surface area (TPSA) is 3.24 Å². The van der Waals surface area contributed by atoms with Crippen molar-refractivity contribution in [2.75, 3.05) is 4.90 Å². The molecule has 14 rings (SSSR count). The first-order valence-electron chi connectivity index (χ1n) is 23.7. The van der Waals surface area contributed by atoms with Crippen LogP contribution in [0.5, 0.6) is 0 Å². The first kappa shape index (κ1) is 38.5. The third kappa shape index (κ3) is 5.63. The quantitative estimate of drug-likeness (QED) is 0.151. The van der Waals surface area contributed by atoms with Gasteiger partial charge in [0.15, 0.2) is 0 Å². The highest BCUT2D eigenvalue weighted by molar-refractivity contribution is 6.28. The number of rotatable bonds is 6. The van der Waals surface area contributed by atoms with Crippen LogP contribution in [0.15, 0.2) is 261 Å². The van der Waals surface area contributed by atoms with Gasteiger partial charge < -0.3 is 4.90 Å². The van der Waals surface area contributed by atoms with Crippen molar-refractivity contribution < 1.29 is 0 Å². The Labute approximate surface area is 396 Å². The van der Waals surface area contributed by atoms with Gasteiger partial charge in [-0.1, -0.05) is 224 Å². The summed E-state index contributed by atoms with van der Waals surface area (Å²) in [6, 6.07) is 96.8. The van der Waals surface area contributed by atoms with Gasteiger partial charge >= 0.3 is 0 Å². The standard InChI is InChI=1S/C67H43N/c1-2-15-44(16-3-1)45-29-31-46(32-30-45)47-33-37-49(38-34-47)68(50-39-35-48(36-40-50)52-24-14-25-61-55-18-5-4-17-53(55)54-19-6-7-23-60(54)66(52)61)51-41-42-59-58-22-10-13-28-64(58)67(65(59)43-51)62-26-11-8-20-56(62)57-21-9-12-27-63(57)67/h1-43H. The lowest BCUT2D eigenvalue weighted by molar-refractivity contribution is 0.793. The third-order valence-electron chi connectivity index (χ3n) is 14.9. The van der Waals surface area contributed by atoms with Gasteiger partial charge in [0.2, 0.25) is 0 Å². The summed E-state index contributed by atoms with van der Waals surface area (Å²) in [5, 5.41) is 7.70. The summed E-state index contributed by atoms with van der Waals surface area (Å²) in [5.74, 6) is 0. The second-order valence-electron chi connectivity index (χ2n) is 18.3. The third-order valence-corrected chi connectivity index (χ3v) is 14.9. The first-order valence-corrected chi connectivity index (χ1v) is 23.7. The highest BCUT2D eigenvalue weighted by atomic mass is 15.1. The van der Waals surface area contributed by atoms with Crippen molar-refractivity contribution >= 4 is 49.4 Å². The summed E-state index contributed by atoms with van der Waals surface area (Å²) in [6.45, 7) is 0. The molecule has 1 spiro atoms. The maximum absolute atomic E-state index is 2.49. The maximum Gasteiger partial charge on any atom is 0.0726 e. The molecule has 0 fully saturated rings. The van der Waals surface area contributed by atoms with Crippen LogP contribution in [0.2, 0.25) is 0 Å². The number of nitrogens with zero attached hydrogens (tertiary/aromatic N) is 1. The Hall–Kier alpha value is -8.78. The van der Waals surface area contributed by atoms with Crippen molar-refractivity contribution in [1.29, 1.82) is 0 Å². The van der Waals surface area contributed by atoms with E-state index < -0.39 is 5.41 Å². The molecule has 12 aromatic rings. The van der Waals surface area contributed by atoms with E-state index in [1.54, 1.807) is 0 Å². The van der Waals surface area contributed by atoms with E-state index in [0.29, 0.717) is 0 Å². The van der Waals surface area contributed by atoms with Gasteiger partial charge in [0.05, 0.1) is 5.41 Å². The van der Waals surface area contributed by atoms with E-state index in [0.717, 1.165) is 17.1 Å². The minimum Gasteiger partial charge on any atom is -0.310 e. The number of fused-ring (bicyclic) bond motifs is 16. The van der Waals surface area contributed by atoms with Crippen molar-refractivity contribution in [3.05, 3.63) is 283 Å². The first-order chi connectivity index (χ1) is 33.7. The van der Waals surface area contributed by atoms with E-state index in [4.69, 9.17) is 0 Å². The van der Waals surface area contributed by atoms with Crippen LogP contribution in [0.1, 0.15) is 22.3 Å². The van der Waals surface area contributed by atoms with Crippen molar-refractivity contribution in [2.24, 2.45) is 0 Å². The van der Waals surface area contributed by atoms with E-state index in [9.17, 15) is 0 Å². The predicted octanol–water partition coefficient (Wildman–Crippen LogP) is 18.0. The van der Waals surface area contributed by atoms with E-state index in [1.807, 2.05) is 0 Å². The molecule has 68 heavy (non-hydrogen) atoms. The molecule has 0 aliphatic heterocycles. The molecule has 1 nitrogen and oxygen atoms in total. The predicted molar refractivity (Wildman–Crippen MR) is 286 cm³/mol. The Morgan fingerprint density at radius 3 is 1.10 bits per heavy atom. The molecule has 0 amide bonds. The molecule has 0 unspecified atom stereocenters. The summed E-state index contributed by atoms with van der Waals surface area (Å²) < 4.78 is 0. The smallest absolute Gasteiger partial charge is 0.0726 e. The number of hydrogen-bond donors (Lipinski definition) is 0. The Morgan fingerprint density at radius 1 is 0.221 bits per heavy atom. The lowest BCUT2D eigenvalue weighted by Crippen LogP contribution is -2.26. The normalized spacial score (nSPS) is 12.8. The van der Waals surface area contributed by atoms with Crippen molar-refractivity contribution in [3.63, 3.8) is 0 Å². The molecule has 0 aromatic heterocycles. The Balaban J connectivity index is 0.937. The molecule has 1 heteroatoms. The Morgan fingerprint density at radius 2 is 0.574 bits per heavy atom. The maximum atomic E-state index is 2.49. The van der Waals surface area contributed by atoms with Gasteiger partial charge in [-0.3, -0.25) is 0 Å². The average Bonchev–Trinajstić information content (AvgIpc) is 3.89. The van der Waals surface area contributed by atoms with Gasteiger partial charge in [-0.25, -0.2) is 0 Å². The molecular formula is C67H43N. The van der Waals surface area contributed by atoms with Crippen molar-refractivity contribution in [1.82, 2.24) is 0 Å². The molecule has 2 aliphatic carbocycles. The molecule has 0 radical (unpaired) electrons. The fourth-order valence-electron chi connectivity index (χ4n) is 11.9. The summed E-state index contributed by atoms with van der Waals surface area (Å²) in [6.07, 6.45) is 0. The van der Waals surface area contributed by atoms with Gasteiger partial charge in [0.1, 0.15) is 0 Å². The number of hydrogen-bond acceptors (Lipinski definition) is 1. The lowest BCUT2D eigenvalue weighted by Gasteiger charge is -2.32. The van der Waals surface area contributed by atoms with Gasteiger partial charge in [-0.15, -0.1) is 0 Å². The summed E-state index contributed by atoms with van der Waals surface area (Å²) in [5.41, 5.74) is 20.7. The average molecular weight is 862 g/mol. The van der Waals surface area contributed by atoms with Crippen LogP contribution in [0.25, 0.3) is 88.0 Å². The second-order valence-corrected chi connectivity index (χ2v) is 18.3. The molecule has 0 saturated carbocycles. The molecule has 0 heterocycles. The van der Waals surface area contributed by atoms with Crippen LogP contribution in [-0.2, 0) is 5.41 Å². The van der Waals surface area contributed by atoms with Crippen LogP contribution in [0, 0.1) is 0 Å². The summed E-state index contributed by atoms with van der Waals surface area (Å²) in [4.78, 5) is 2.45. The highest BCUT2D eigenvalue weighted by Crippen LogP contribution is 2.63. The van der Waals surface area contributed by atoms with Crippen LogP contribution in [0.3, 0.4) is 0 Å². The van der Waals surface area contributed by atoms with Gasteiger partial charge in [0, 0.05) is 17.1 Å². The zero-order valence-electron chi connectivity index (χ0n) is 37.3. The van der Waals surface area contributed by atoms with Gasteiger partial charge in [-0.2, -0.15) is 0 Å².